The third-order valence-electron chi connectivity index (χ3n) is 3.30. The summed E-state index contributed by atoms with van der Waals surface area (Å²) in [5.41, 5.74) is 1.56. The first-order chi connectivity index (χ1) is 9.24. The highest BCUT2D eigenvalue weighted by atomic mass is 32.2. The molecule has 3 rings (SSSR count). The van der Waals surface area contributed by atoms with E-state index in [9.17, 15) is 4.79 Å². The standard InChI is InChI=1S/C14H15N2O2S/c1-15-13(18-2)11(10-6-4-3-5-7-10)12(17)16-8-9-19-14(15)16/h3-7H,8-9H2,1-2H3/q+1. The third kappa shape index (κ3) is 1.85. The highest BCUT2D eigenvalue weighted by Gasteiger charge is 2.31. The van der Waals surface area contributed by atoms with Gasteiger partial charge in [-0.1, -0.05) is 30.3 Å². The maximum Gasteiger partial charge on any atom is 0.350 e. The Bertz CT molecular complexity index is 680. The summed E-state index contributed by atoms with van der Waals surface area (Å²) in [4.78, 5) is 12.6. The number of benzene rings is 1. The first-order valence-electron chi connectivity index (χ1n) is 6.13. The molecule has 98 valence electrons. The Balaban J connectivity index is 2.36. The van der Waals surface area contributed by atoms with Crippen LogP contribution in [-0.4, -0.2) is 17.4 Å². The zero-order valence-electron chi connectivity index (χ0n) is 10.9. The van der Waals surface area contributed by atoms with Crippen LogP contribution < -0.4 is 14.9 Å². The Labute approximate surface area is 115 Å². The fraction of sp³-hybridized carbons (Fsp3) is 0.286. The number of rotatable bonds is 2. The Hall–Kier alpha value is -1.75. The molecule has 0 bridgehead atoms. The van der Waals surface area contributed by atoms with Gasteiger partial charge in [0.2, 0.25) is 0 Å². The van der Waals surface area contributed by atoms with Crippen LogP contribution >= 0.6 is 11.8 Å². The third-order valence-corrected chi connectivity index (χ3v) is 4.44. The van der Waals surface area contributed by atoms with E-state index < -0.39 is 0 Å². The predicted molar refractivity (Wildman–Crippen MR) is 74.6 cm³/mol. The van der Waals surface area contributed by atoms with E-state index in [1.54, 1.807) is 18.9 Å². The molecule has 1 aliphatic rings. The maximum absolute atomic E-state index is 12.6. The second-order valence-corrected chi connectivity index (χ2v) is 5.46. The molecular weight excluding hydrogens is 260 g/mol. The van der Waals surface area contributed by atoms with Gasteiger partial charge in [0.05, 0.1) is 14.2 Å². The molecule has 1 aromatic heterocycles. The Kier molecular flexibility index (Phi) is 3.06. The molecule has 2 aromatic rings. The van der Waals surface area contributed by atoms with Crippen LogP contribution in [0.1, 0.15) is 0 Å². The molecule has 0 amide bonds. The summed E-state index contributed by atoms with van der Waals surface area (Å²) < 4.78 is 9.26. The van der Waals surface area contributed by atoms with E-state index in [4.69, 9.17) is 4.74 Å². The highest BCUT2D eigenvalue weighted by Crippen LogP contribution is 2.28. The van der Waals surface area contributed by atoms with E-state index in [1.807, 2.05) is 46.5 Å². The first-order valence-corrected chi connectivity index (χ1v) is 7.11. The van der Waals surface area contributed by atoms with Crippen molar-refractivity contribution in [2.75, 3.05) is 12.9 Å². The van der Waals surface area contributed by atoms with Crippen LogP contribution in [0.4, 0.5) is 0 Å². The van der Waals surface area contributed by atoms with Gasteiger partial charge in [-0.3, -0.25) is 0 Å². The van der Waals surface area contributed by atoms with Gasteiger partial charge in [0.1, 0.15) is 6.54 Å². The van der Waals surface area contributed by atoms with Gasteiger partial charge in [0, 0.05) is 5.75 Å². The molecule has 0 fully saturated rings. The molecule has 0 saturated heterocycles. The molecule has 0 N–H and O–H groups in total. The quantitative estimate of drug-likeness (QED) is 0.615. The van der Waals surface area contributed by atoms with Crippen LogP contribution in [0, 0.1) is 0 Å². The number of aromatic nitrogens is 2. The molecule has 0 aliphatic carbocycles. The van der Waals surface area contributed by atoms with Crippen LogP contribution in [0.2, 0.25) is 0 Å². The summed E-state index contributed by atoms with van der Waals surface area (Å²) in [6.45, 7) is 0.760. The van der Waals surface area contributed by atoms with Crippen molar-refractivity contribution < 1.29 is 9.30 Å². The van der Waals surface area contributed by atoms with Crippen molar-refractivity contribution in [3.05, 3.63) is 40.7 Å². The molecule has 1 aromatic carbocycles. The summed E-state index contributed by atoms with van der Waals surface area (Å²) >= 11 is 1.69. The van der Waals surface area contributed by atoms with Crippen molar-refractivity contribution in [3.8, 4) is 17.0 Å². The zero-order valence-corrected chi connectivity index (χ0v) is 11.7. The lowest BCUT2D eigenvalue weighted by Gasteiger charge is -2.10. The van der Waals surface area contributed by atoms with Gasteiger partial charge in [-0.25, -0.2) is 4.79 Å². The molecule has 0 atom stereocenters. The minimum atomic E-state index is 0.0288. The average molecular weight is 275 g/mol. The highest BCUT2D eigenvalue weighted by molar-refractivity contribution is 7.99. The number of nitrogens with zero attached hydrogens (tertiary/aromatic N) is 2. The van der Waals surface area contributed by atoms with Gasteiger partial charge < -0.3 is 4.74 Å². The fourth-order valence-electron chi connectivity index (χ4n) is 2.44. The van der Waals surface area contributed by atoms with Crippen molar-refractivity contribution in [1.29, 1.82) is 0 Å². The van der Waals surface area contributed by atoms with Crippen LogP contribution in [0.15, 0.2) is 40.3 Å². The second kappa shape index (κ2) is 4.74. The van der Waals surface area contributed by atoms with Crippen molar-refractivity contribution in [1.82, 2.24) is 4.57 Å². The minimum Gasteiger partial charge on any atom is -0.465 e. The van der Waals surface area contributed by atoms with Gasteiger partial charge in [-0.2, -0.15) is 9.13 Å². The molecule has 1 aliphatic heterocycles. The van der Waals surface area contributed by atoms with E-state index >= 15 is 0 Å². The Morgan fingerprint density at radius 2 is 2.05 bits per heavy atom. The number of methoxy groups -OCH3 is 1. The molecule has 0 saturated carbocycles. The van der Waals surface area contributed by atoms with E-state index in [0.29, 0.717) is 11.4 Å². The lowest BCUT2D eigenvalue weighted by Crippen LogP contribution is -2.41. The van der Waals surface area contributed by atoms with Gasteiger partial charge in [0.25, 0.3) is 5.88 Å². The molecule has 19 heavy (non-hydrogen) atoms. The van der Waals surface area contributed by atoms with Crippen LogP contribution in [-0.2, 0) is 13.6 Å². The molecule has 5 heteroatoms. The minimum absolute atomic E-state index is 0.0288. The topological polar surface area (TPSA) is 35.1 Å². The summed E-state index contributed by atoms with van der Waals surface area (Å²) in [5.74, 6) is 1.56. The number of ether oxygens (including phenoxy) is 1. The van der Waals surface area contributed by atoms with Crippen molar-refractivity contribution in [3.63, 3.8) is 0 Å². The van der Waals surface area contributed by atoms with Crippen LogP contribution in [0.3, 0.4) is 0 Å². The number of hydrogen-bond acceptors (Lipinski definition) is 3. The summed E-state index contributed by atoms with van der Waals surface area (Å²) in [6, 6.07) is 9.68. The monoisotopic (exact) mass is 275 g/mol. The molecular formula is C14H15N2O2S+. The van der Waals surface area contributed by atoms with Crippen LogP contribution in [0.5, 0.6) is 5.88 Å². The van der Waals surface area contributed by atoms with Gasteiger partial charge >= 0.3 is 10.7 Å². The van der Waals surface area contributed by atoms with Crippen molar-refractivity contribution >= 4 is 11.8 Å². The lowest BCUT2D eigenvalue weighted by molar-refractivity contribution is -0.718. The first kappa shape index (κ1) is 12.3. The molecule has 0 unspecified atom stereocenters. The molecule has 0 radical (unpaired) electrons. The summed E-state index contributed by atoms with van der Waals surface area (Å²) in [7, 11) is 3.55. The molecule has 4 nitrogen and oxygen atoms in total. The zero-order chi connectivity index (χ0) is 13.4. The Morgan fingerprint density at radius 1 is 1.32 bits per heavy atom. The van der Waals surface area contributed by atoms with E-state index in [1.165, 1.54) is 0 Å². The predicted octanol–water partition coefficient (Wildman–Crippen LogP) is 1.45. The maximum atomic E-state index is 12.6. The smallest absolute Gasteiger partial charge is 0.350 e. The second-order valence-electron chi connectivity index (χ2n) is 4.40. The number of hydrogen-bond donors (Lipinski definition) is 0. The van der Waals surface area contributed by atoms with Gasteiger partial charge in [-0.15, -0.1) is 0 Å². The number of thioether (sulfide) groups is 1. The van der Waals surface area contributed by atoms with Crippen LogP contribution in [0.25, 0.3) is 11.1 Å². The number of fused-ring (bicyclic) bond motifs is 1. The van der Waals surface area contributed by atoms with Gasteiger partial charge in [-0.05, 0) is 17.3 Å². The Morgan fingerprint density at radius 3 is 2.74 bits per heavy atom. The fourth-order valence-corrected chi connectivity index (χ4v) is 3.50. The van der Waals surface area contributed by atoms with E-state index in [-0.39, 0.29) is 5.56 Å². The largest absolute Gasteiger partial charge is 0.465 e. The van der Waals surface area contributed by atoms with E-state index in [0.717, 1.165) is 23.0 Å². The normalized spacial score (nSPS) is 13.4. The lowest BCUT2D eigenvalue weighted by atomic mass is 10.1. The summed E-state index contributed by atoms with van der Waals surface area (Å²) in [6.07, 6.45) is 0. The van der Waals surface area contributed by atoms with Gasteiger partial charge in [0.15, 0.2) is 5.56 Å². The SMILES string of the molecule is COc1c(-c2ccccc2)c(=O)n2c([n+]1C)SCC2. The molecule has 2 heterocycles. The summed E-state index contributed by atoms with van der Waals surface area (Å²) in [5, 5.41) is 0.960. The van der Waals surface area contributed by atoms with Crippen molar-refractivity contribution in [2.24, 2.45) is 7.05 Å². The molecule has 0 spiro atoms. The van der Waals surface area contributed by atoms with Crippen molar-refractivity contribution in [2.45, 2.75) is 11.7 Å². The van der Waals surface area contributed by atoms with E-state index in [2.05, 4.69) is 0 Å². The average Bonchev–Trinajstić information content (AvgIpc) is 2.93.